The van der Waals surface area contributed by atoms with E-state index in [1.165, 1.54) is 0 Å². The summed E-state index contributed by atoms with van der Waals surface area (Å²) in [7, 11) is 0. The molecule has 5 heteroatoms. The van der Waals surface area contributed by atoms with Crippen LogP contribution in [0.15, 0.2) is 30.3 Å². The molecule has 0 radical (unpaired) electrons. The second-order valence-corrected chi connectivity index (χ2v) is 8.42. The van der Waals surface area contributed by atoms with Gasteiger partial charge in [-0.15, -0.1) is 0 Å². The Morgan fingerprint density at radius 3 is 2.48 bits per heavy atom. The van der Waals surface area contributed by atoms with E-state index >= 15 is 0 Å². The van der Waals surface area contributed by atoms with Crippen LogP contribution < -0.4 is 5.32 Å². The Morgan fingerprint density at radius 1 is 1.11 bits per heavy atom. The van der Waals surface area contributed by atoms with Crippen LogP contribution in [-0.2, 0) is 16.0 Å². The fourth-order valence-electron chi connectivity index (χ4n) is 4.23. The highest BCUT2D eigenvalue weighted by Gasteiger charge is 2.33. The number of nitrogens with one attached hydrogen (secondary N) is 1. The Labute approximate surface area is 163 Å². The van der Waals surface area contributed by atoms with Crippen LogP contribution in [0.1, 0.15) is 38.7 Å². The Morgan fingerprint density at radius 2 is 1.81 bits per heavy atom. The lowest BCUT2D eigenvalue weighted by molar-refractivity contribution is -0.136. The first kappa shape index (κ1) is 19.9. The number of hydrogen-bond donors (Lipinski definition) is 1. The minimum absolute atomic E-state index is 0.00611. The SMILES string of the molecule is CC(C)CN1CC[C@H](C(=O)N[C@H](Cc2ccccc2)C(=O)N2CCCC2)C1. The quantitative estimate of drug-likeness (QED) is 0.800. The Bertz CT molecular complexity index is 626. The van der Waals surface area contributed by atoms with E-state index in [2.05, 4.69) is 24.1 Å². The predicted octanol–water partition coefficient (Wildman–Crippen LogP) is 2.31. The van der Waals surface area contributed by atoms with Crippen LogP contribution in [0.4, 0.5) is 0 Å². The van der Waals surface area contributed by atoms with Crippen molar-refractivity contribution in [1.29, 1.82) is 0 Å². The van der Waals surface area contributed by atoms with Crippen LogP contribution in [-0.4, -0.2) is 60.4 Å². The maximum Gasteiger partial charge on any atom is 0.245 e. The number of rotatable bonds is 7. The topological polar surface area (TPSA) is 52.7 Å². The largest absolute Gasteiger partial charge is 0.344 e. The lowest BCUT2D eigenvalue weighted by atomic mass is 10.0. The molecule has 0 aliphatic carbocycles. The Kier molecular flexibility index (Phi) is 6.89. The summed E-state index contributed by atoms with van der Waals surface area (Å²) in [6.07, 6.45) is 3.56. The van der Waals surface area contributed by atoms with Crippen LogP contribution in [0.5, 0.6) is 0 Å². The molecule has 148 valence electrons. The van der Waals surface area contributed by atoms with E-state index in [1.54, 1.807) is 0 Å². The van der Waals surface area contributed by atoms with Gasteiger partial charge < -0.3 is 15.1 Å². The van der Waals surface area contributed by atoms with Gasteiger partial charge in [0.05, 0.1) is 5.92 Å². The van der Waals surface area contributed by atoms with Gasteiger partial charge in [0.2, 0.25) is 11.8 Å². The first-order chi connectivity index (χ1) is 13.0. The van der Waals surface area contributed by atoms with Crippen molar-refractivity contribution in [2.45, 2.75) is 45.6 Å². The fourth-order valence-corrected chi connectivity index (χ4v) is 4.23. The molecule has 2 atom stereocenters. The molecular weight excluding hydrogens is 338 g/mol. The van der Waals surface area contributed by atoms with Crippen molar-refractivity contribution in [3.05, 3.63) is 35.9 Å². The van der Waals surface area contributed by atoms with Crippen molar-refractivity contribution >= 4 is 11.8 Å². The molecule has 5 nitrogen and oxygen atoms in total. The second-order valence-electron chi connectivity index (χ2n) is 8.42. The molecule has 2 heterocycles. The zero-order valence-corrected chi connectivity index (χ0v) is 16.7. The molecule has 2 fully saturated rings. The van der Waals surface area contributed by atoms with E-state index in [-0.39, 0.29) is 17.7 Å². The maximum atomic E-state index is 13.0. The molecule has 27 heavy (non-hydrogen) atoms. The monoisotopic (exact) mass is 371 g/mol. The highest BCUT2D eigenvalue weighted by molar-refractivity contribution is 5.89. The van der Waals surface area contributed by atoms with Crippen LogP contribution >= 0.6 is 0 Å². The van der Waals surface area contributed by atoms with Crippen molar-refractivity contribution in [2.24, 2.45) is 11.8 Å². The van der Waals surface area contributed by atoms with Crippen molar-refractivity contribution in [2.75, 3.05) is 32.7 Å². The smallest absolute Gasteiger partial charge is 0.245 e. The molecule has 0 spiro atoms. The molecule has 0 unspecified atom stereocenters. The summed E-state index contributed by atoms with van der Waals surface area (Å²) < 4.78 is 0. The maximum absolute atomic E-state index is 13.0. The minimum Gasteiger partial charge on any atom is -0.344 e. The molecule has 0 bridgehead atoms. The molecule has 0 aromatic heterocycles. The Hall–Kier alpha value is -1.88. The van der Waals surface area contributed by atoms with Crippen molar-refractivity contribution in [3.8, 4) is 0 Å². The third-order valence-electron chi connectivity index (χ3n) is 5.58. The van der Waals surface area contributed by atoms with Gasteiger partial charge in [0.25, 0.3) is 0 Å². The van der Waals surface area contributed by atoms with Crippen LogP contribution in [0.2, 0.25) is 0 Å². The fraction of sp³-hybridized carbons (Fsp3) is 0.636. The molecular formula is C22H33N3O2. The van der Waals surface area contributed by atoms with Gasteiger partial charge in [-0.25, -0.2) is 0 Å². The van der Waals surface area contributed by atoms with E-state index < -0.39 is 6.04 Å². The summed E-state index contributed by atoms with van der Waals surface area (Å²) in [5.41, 5.74) is 1.09. The predicted molar refractivity (Wildman–Crippen MR) is 107 cm³/mol. The molecule has 1 aromatic carbocycles. The number of amides is 2. The Balaban J connectivity index is 1.63. The van der Waals surface area contributed by atoms with Crippen molar-refractivity contribution < 1.29 is 9.59 Å². The van der Waals surface area contributed by atoms with E-state index in [9.17, 15) is 9.59 Å². The highest BCUT2D eigenvalue weighted by Crippen LogP contribution is 2.19. The number of likely N-dealkylation sites (tertiary alicyclic amines) is 2. The van der Waals surface area contributed by atoms with Crippen LogP contribution in [0, 0.1) is 11.8 Å². The molecule has 1 N–H and O–H groups in total. The third-order valence-corrected chi connectivity index (χ3v) is 5.58. The lowest BCUT2D eigenvalue weighted by Crippen LogP contribution is -2.50. The summed E-state index contributed by atoms with van der Waals surface area (Å²) in [5, 5.41) is 3.10. The van der Waals surface area contributed by atoms with Gasteiger partial charge in [-0.1, -0.05) is 44.2 Å². The van der Waals surface area contributed by atoms with Gasteiger partial charge in [0, 0.05) is 32.6 Å². The van der Waals surface area contributed by atoms with Gasteiger partial charge in [-0.2, -0.15) is 0 Å². The van der Waals surface area contributed by atoms with E-state index in [1.807, 2.05) is 35.2 Å². The third kappa shape index (κ3) is 5.55. The van der Waals surface area contributed by atoms with Gasteiger partial charge in [-0.3, -0.25) is 9.59 Å². The minimum atomic E-state index is -0.461. The van der Waals surface area contributed by atoms with Crippen LogP contribution in [0.3, 0.4) is 0 Å². The van der Waals surface area contributed by atoms with Gasteiger partial charge in [-0.05, 0) is 37.3 Å². The summed E-state index contributed by atoms with van der Waals surface area (Å²) in [6.45, 7) is 8.84. The van der Waals surface area contributed by atoms with Crippen LogP contribution in [0.25, 0.3) is 0 Å². The first-order valence-electron chi connectivity index (χ1n) is 10.4. The zero-order valence-electron chi connectivity index (χ0n) is 16.7. The number of carbonyl (C=O) groups excluding carboxylic acids is 2. The average molecular weight is 372 g/mol. The van der Waals surface area contributed by atoms with Gasteiger partial charge >= 0.3 is 0 Å². The highest BCUT2D eigenvalue weighted by atomic mass is 16.2. The summed E-state index contributed by atoms with van der Waals surface area (Å²) in [6, 6.07) is 9.52. The summed E-state index contributed by atoms with van der Waals surface area (Å²) >= 11 is 0. The van der Waals surface area contributed by atoms with E-state index in [4.69, 9.17) is 0 Å². The number of nitrogens with zero attached hydrogens (tertiary/aromatic N) is 2. The number of benzene rings is 1. The van der Waals surface area contributed by atoms with E-state index in [0.717, 1.165) is 57.5 Å². The normalized spacial score (nSPS) is 21.6. The van der Waals surface area contributed by atoms with Crippen molar-refractivity contribution in [3.63, 3.8) is 0 Å². The molecule has 3 rings (SSSR count). The molecule has 2 saturated heterocycles. The summed E-state index contributed by atoms with van der Waals surface area (Å²) in [5.74, 6) is 0.708. The van der Waals surface area contributed by atoms with E-state index in [0.29, 0.717) is 12.3 Å². The first-order valence-corrected chi connectivity index (χ1v) is 10.4. The molecule has 2 aliphatic rings. The number of carbonyl (C=O) groups is 2. The zero-order chi connectivity index (χ0) is 19.2. The summed E-state index contributed by atoms with van der Waals surface area (Å²) in [4.78, 5) is 30.2. The molecule has 1 aromatic rings. The lowest BCUT2D eigenvalue weighted by Gasteiger charge is -2.25. The standard InChI is InChI=1S/C22H33N3O2/c1-17(2)15-24-13-10-19(16-24)21(26)23-20(14-18-8-4-3-5-9-18)22(27)25-11-6-7-12-25/h3-5,8-9,17,19-20H,6-7,10-16H2,1-2H3,(H,23,26)/t19-,20+/m0/s1. The number of hydrogen-bond acceptors (Lipinski definition) is 3. The molecule has 0 saturated carbocycles. The van der Waals surface area contributed by atoms with Crippen molar-refractivity contribution in [1.82, 2.24) is 15.1 Å². The molecule has 2 aliphatic heterocycles. The average Bonchev–Trinajstić information content (AvgIpc) is 3.33. The van der Waals surface area contributed by atoms with Gasteiger partial charge in [0.1, 0.15) is 6.04 Å². The van der Waals surface area contributed by atoms with Gasteiger partial charge in [0.15, 0.2) is 0 Å². The molecule has 2 amide bonds. The second kappa shape index (κ2) is 9.36.